The molecule has 10 aliphatic rings. The molecule has 3 spiro atoms. The highest BCUT2D eigenvalue weighted by atomic mass is 19.4. The number of anilines is 4. The third-order valence-corrected chi connectivity index (χ3v) is 32.1. The summed E-state index contributed by atoms with van der Waals surface area (Å²) in [4.78, 5) is 19.6. The first-order valence-corrected chi connectivity index (χ1v) is 45.8. The van der Waals surface area contributed by atoms with Gasteiger partial charge in [-0.15, -0.1) is 0 Å². The number of alkyl halides is 3. The van der Waals surface area contributed by atoms with Gasteiger partial charge in [0, 0.05) is 80.1 Å². The molecule has 658 valence electrons. The summed E-state index contributed by atoms with van der Waals surface area (Å²) in [5.41, 5.74) is 25.4. The van der Waals surface area contributed by atoms with Gasteiger partial charge in [-0.2, -0.15) is 13.2 Å². The number of phenolic OH excluding ortho intramolecular Hbond substituents is 3. The normalized spacial score (nSPS) is 22.2. The van der Waals surface area contributed by atoms with Gasteiger partial charge < -0.3 is 44.4 Å². The number of aryl methyl sites for hydroxylation is 3. The van der Waals surface area contributed by atoms with E-state index in [-0.39, 0.29) is 78.0 Å². The second kappa shape index (κ2) is 27.0. The first kappa shape index (κ1) is 84.1. The SMILES string of the molecule is CC1Oc2cc3c(O)cc4c(c3cc2N1C)-c1ccccc1C41CC(C)(C)CC(C)(C)C1.CN1c2cc3c(O)cc4c(c3cc2N(C)C1(C)C(F)(F)F)-c1ccccc1C41CC(C)(C)CC(C)(C)C1.Cc1cc2c(c3cc4c(cc13)OC(C)N4C)-c1ccccc1C2(C)C.Cn1c(=O)n(C)c2cc3c4c(cc(O)c3cc21)C1(CC(C)(C)CC(C)(C)C1)c1ccccc1-4. The fourth-order valence-electron chi connectivity index (χ4n) is 28.6. The van der Waals surface area contributed by atoms with Crippen LogP contribution in [-0.2, 0) is 35.8 Å². The summed E-state index contributed by atoms with van der Waals surface area (Å²) >= 11 is 0. The number of nitrogens with zero attached hydrogens (tertiary/aromatic N) is 6. The van der Waals surface area contributed by atoms with Crippen LogP contribution in [0.1, 0.15) is 226 Å². The third kappa shape index (κ3) is 12.1. The molecule has 12 nitrogen and oxygen atoms in total. The van der Waals surface area contributed by atoms with Crippen LogP contribution in [0.15, 0.2) is 175 Å². The molecule has 3 aliphatic heterocycles. The maximum absolute atomic E-state index is 14.3. The molecule has 15 heteroatoms. The van der Waals surface area contributed by atoms with Crippen molar-refractivity contribution < 1.29 is 38.0 Å². The minimum atomic E-state index is -4.47. The number of phenols is 3. The smallest absolute Gasteiger partial charge is 0.430 e. The van der Waals surface area contributed by atoms with Crippen LogP contribution in [-0.4, -0.2) is 76.9 Å². The van der Waals surface area contributed by atoms with E-state index in [0.29, 0.717) is 28.3 Å². The van der Waals surface area contributed by atoms with Gasteiger partial charge in [-0.25, -0.2) is 4.79 Å². The monoisotopic (exact) mass is 1700 g/mol. The maximum Gasteiger partial charge on any atom is 0.430 e. The standard InChI is InChI=1S/C31H35F3N2O.C29H32N2O2.C29H33NO2.C23H23NO/c1-27(2)15-28(3,4)17-30(16-27)21-11-9-8-10-18(21)26-20-13-24-23(12-19(20)25(37)14-22(26)30)35(6)29(5,36(24)7)31(32,33)34;1-27(2)14-28(3,4)16-29(15-27)20-10-8-7-9-17(20)25-19-12-23-22(30(5)26(33)31(23)6)11-18(19)24(32)13-21(25)29;1-17-30(6)23-11-20-19(12-25(23)32-17)24(31)13-22-26(20)18-9-7-8-10-21(18)29(22)15-27(2,3)14-28(4,5)16-29;1-13-10-19-22(15-8-6-7-9-18(15)23(19,3)4)17-11-20-21(12-16(13)17)25-14(2)24(20)5/h8-14,37H,15-17H2,1-7H3;7-13,32H,14-16H2,1-6H3;7-13,17,31H,14-16H2,1-6H3;6-12,14H,1-5H3. The number of fused-ring (bicyclic) bond motifs is 30. The van der Waals surface area contributed by atoms with Crippen LogP contribution in [0.5, 0.6) is 28.7 Å². The average molecular weight is 1710 g/mol. The lowest BCUT2D eigenvalue weighted by Gasteiger charge is -2.51. The number of halogens is 3. The molecule has 3 unspecified atom stereocenters. The van der Waals surface area contributed by atoms with E-state index in [1.165, 1.54) is 138 Å². The van der Waals surface area contributed by atoms with E-state index in [1.807, 2.05) is 43.4 Å². The molecule has 3 saturated carbocycles. The van der Waals surface area contributed by atoms with Crippen molar-refractivity contribution in [3.05, 3.63) is 230 Å². The summed E-state index contributed by atoms with van der Waals surface area (Å²) in [6, 6.07) is 60.0. The number of hydrogen-bond acceptors (Lipinski definition) is 10. The van der Waals surface area contributed by atoms with Crippen LogP contribution in [0.25, 0.3) is 98.6 Å². The van der Waals surface area contributed by atoms with E-state index >= 15 is 0 Å². The fraction of sp³-hybridized carbons (Fsp3) is 0.420. The summed E-state index contributed by atoms with van der Waals surface area (Å²) < 4.78 is 58.4. The molecule has 3 fully saturated rings. The van der Waals surface area contributed by atoms with E-state index in [2.05, 4.69) is 269 Å². The Morgan fingerprint density at radius 2 is 0.622 bits per heavy atom. The molecule has 0 saturated heterocycles. The zero-order valence-electron chi connectivity index (χ0n) is 78.6. The molecule has 4 heterocycles. The zero-order chi connectivity index (χ0) is 90.6. The van der Waals surface area contributed by atoms with Crippen molar-refractivity contribution in [3.63, 3.8) is 0 Å². The lowest BCUT2D eigenvalue weighted by molar-refractivity contribution is -0.178. The summed E-state index contributed by atoms with van der Waals surface area (Å²) in [6.45, 7) is 40.8. The number of imidazole rings is 1. The van der Waals surface area contributed by atoms with E-state index < -0.39 is 11.8 Å². The highest BCUT2D eigenvalue weighted by molar-refractivity contribution is 6.13. The Bertz CT molecular complexity index is 6960. The number of rotatable bonds is 0. The van der Waals surface area contributed by atoms with Crippen molar-refractivity contribution in [2.75, 3.05) is 47.8 Å². The van der Waals surface area contributed by atoms with Gasteiger partial charge in [0.25, 0.3) is 0 Å². The maximum atomic E-state index is 14.3. The number of aromatic hydroxyl groups is 3. The van der Waals surface area contributed by atoms with Crippen molar-refractivity contribution in [1.29, 1.82) is 0 Å². The topological polar surface area (TPSA) is 119 Å². The van der Waals surface area contributed by atoms with E-state index in [4.69, 9.17) is 9.47 Å². The first-order chi connectivity index (χ1) is 59.4. The lowest BCUT2D eigenvalue weighted by atomic mass is 9.52. The van der Waals surface area contributed by atoms with Gasteiger partial charge in [-0.1, -0.05) is 200 Å². The molecule has 1 aromatic heterocycles. The molecule has 0 amide bonds. The Morgan fingerprint density at radius 1 is 0.339 bits per heavy atom. The molecular weight excluding hydrogens is 1580 g/mol. The molecule has 7 aliphatic carbocycles. The summed E-state index contributed by atoms with van der Waals surface area (Å²) in [6.07, 6.45) is 5.36. The largest absolute Gasteiger partial charge is 0.507 e. The number of aromatic nitrogens is 2. The Labute approximate surface area is 746 Å². The van der Waals surface area contributed by atoms with Crippen LogP contribution in [0.2, 0.25) is 0 Å². The molecule has 13 aromatic rings. The minimum Gasteiger partial charge on any atom is -0.507 e. The van der Waals surface area contributed by atoms with Gasteiger partial charge in [-0.05, 0) is 306 Å². The highest BCUT2D eigenvalue weighted by Crippen LogP contribution is 2.70. The second-order valence-electron chi connectivity index (χ2n) is 45.4. The van der Waals surface area contributed by atoms with Crippen molar-refractivity contribution in [2.24, 2.45) is 46.6 Å². The van der Waals surface area contributed by atoms with Gasteiger partial charge in [0.2, 0.25) is 5.66 Å². The van der Waals surface area contributed by atoms with Crippen LogP contribution in [0.3, 0.4) is 0 Å². The predicted octanol–water partition coefficient (Wildman–Crippen LogP) is 27.3. The second-order valence-corrected chi connectivity index (χ2v) is 45.4. The Hall–Kier alpha value is -11.1. The predicted molar refractivity (Wildman–Crippen MR) is 516 cm³/mol. The Balaban J connectivity index is 0.000000107. The number of ether oxygens (including phenoxy) is 2. The zero-order valence-corrected chi connectivity index (χ0v) is 78.6. The van der Waals surface area contributed by atoms with Crippen LogP contribution in [0.4, 0.5) is 35.9 Å². The van der Waals surface area contributed by atoms with Crippen molar-refractivity contribution in [3.8, 4) is 73.3 Å². The minimum absolute atomic E-state index is 0.00410. The van der Waals surface area contributed by atoms with Crippen LogP contribution < -0.4 is 34.8 Å². The Kier molecular flexibility index (Phi) is 17.9. The van der Waals surface area contributed by atoms with Gasteiger partial charge in [0.15, 0.2) is 12.5 Å². The van der Waals surface area contributed by atoms with E-state index in [0.717, 1.165) is 117 Å². The summed E-state index contributed by atoms with van der Waals surface area (Å²) in [5.74, 6) is 2.64. The van der Waals surface area contributed by atoms with Crippen LogP contribution >= 0.6 is 0 Å². The summed E-state index contributed by atoms with van der Waals surface area (Å²) in [5, 5.41) is 41.9. The van der Waals surface area contributed by atoms with Crippen molar-refractivity contribution in [2.45, 2.75) is 228 Å². The Morgan fingerprint density at radius 3 is 0.992 bits per heavy atom. The molecule has 127 heavy (non-hydrogen) atoms. The van der Waals surface area contributed by atoms with Crippen molar-refractivity contribution >= 4 is 76.9 Å². The van der Waals surface area contributed by atoms with Gasteiger partial charge in [0.05, 0.1) is 33.8 Å². The number of benzene rings is 12. The molecule has 0 bridgehead atoms. The van der Waals surface area contributed by atoms with E-state index in [1.54, 1.807) is 22.2 Å². The first-order valence-electron chi connectivity index (χ1n) is 45.8. The third-order valence-electron chi connectivity index (χ3n) is 32.1. The lowest BCUT2D eigenvalue weighted by Crippen LogP contribution is -2.62. The summed E-state index contributed by atoms with van der Waals surface area (Å²) in [7, 11) is 10.8. The van der Waals surface area contributed by atoms with E-state index in [9.17, 15) is 33.3 Å². The van der Waals surface area contributed by atoms with Gasteiger partial charge >= 0.3 is 11.9 Å². The molecule has 3 atom stereocenters. The molecule has 12 aromatic carbocycles. The van der Waals surface area contributed by atoms with Gasteiger partial charge in [0.1, 0.15) is 28.7 Å². The molecule has 0 radical (unpaired) electrons. The fourth-order valence-corrected chi connectivity index (χ4v) is 28.6. The molecular formula is C112H123F3N6O6. The quantitative estimate of drug-likeness (QED) is 0.135. The van der Waals surface area contributed by atoms with Crippen molar-refractivity contribution in [1.82, 2.24) is 9.13 Å². The van der Waals surface area contributed by atoms with Crippen LogP contribution in [0, 0.1) is 39.4 Å². The highest BCUT2D eigenvalue weighted by Gasteiger charge is 2.63. The molecule has 3 N–H and O–H groups in total. The average Bonchev–Trinajstić information content (AvgIpc) is 1.54. The molecule has 23 rings (SSSR count). The number of hydrogen-bond donors (Lipinski definition) is 3. The van der Waals surface area contributed by atoms with Gasteiger partial charge in [-0.3, -0.25) is 9.13 Å².